The van der Waals surface area contributed by atoms with Gasteiger partial charge >= 0.3 is 6.03 Å². The average Bonchev–Trinajstić information content (AvgIpc) is 3.02. The van der Waals surface area contributed by atoms with Crippen LogP contribution in [0, 0.1) is 23.2 Å². The third-order valence-electron chi connectivity index (χ3n) is 7.00. The Hall–Kier alpha value is -2.15. The van der Waals surface area contributed by atoms with Gasteiger partial charge in [0.15, 0.2) is 0 Å². The van der Waals surface area contributed by atoms with Crippen LogP contribution in [0.5, 0.6) is 0 Å². The lowest BCUT2D eigenvalue weighted by Gasteiger charge is -2.45. The first-order chi connectivity index (χ1) is 14.8. The molecule has 1 aromatic heterocycles. The van der Waals surface area contributed by atoms with E-state index < -0.39 is 0 Å². The molecule has 3 amide bonds. The number of urea groups is 1. The summed E-state index contributed by atoms with van der Waals surface area (Å²) in [6, 6.07) is 2.47. The summed E-state index contributed by atoms with van der Waals surface area (Å²) >= 11 is 1.53. The molecular weight excluding hydrogens is 412 g/mol. The van der Waals surface area contributed by atoms with Crippen molar-refractivity contribution in [3.05, 3.63) is 16.0 Å². The van der Waals surface area contributed by atoms with Gasteiger partial charge in [-0.1, -0.05) is 6.92 Å². The normalized spacial score (nSPS) is 26.3. The van der Waals surface area contributed by atoms with E-state index in [1.807, 2.05) is 14.0 Å². The molecule has 1 aromatic rings. The Morgan fingerprint density at radius 1 is 1.29 bits per heavy atom. The second kappa shape index (κ2) is 8.77. The molecule has 0 saturated carbocycles. The van der Waals surface area contributed by atoms with Crippen LogP contribution in [0.15, 0.2) is 0 Å². The maximum atomic E-state index is 13.4. The zero-order chi connectivity index (χ0) is 22.3. The third-order valence-corrected chi connectivity index (χ3v) is 8.08. The first-order valence-corrected chi connectivity index (χ1v) is 11.9. The third kappa shape index (κ3) is 4.16. The molecule has 2 fully saturated rings. The van der Waals surface area contributed by atoms with E-state index in [1.165, 1.54) is 21.1 Å². The number of piperidine rings is 1. The van der Waals surface area contributed by atoms with E-state index in [0.29, 0.717) is 29.7 Å². The number of nitrogens with zero attached hydrogens (tertiary/aromatic N) is 4. The zero-order valence-corrected chi connectivity index (χ0v) is 19.4. The number of carbonyl (C=O) groups excluding carboxylic acids is 2. The Morgan fingerprint density at radius 3 is 2.68 bits per heavy atom. The number of nitriles is 1. The van der Waals surface area contributed by atoms with Crippen LogP contribution >= 0.6 is 11.3 Å². The Kier molecular flexibility index (Phi) is 6.24. The lowest BCUT2D eigenvalue weighted by molar-refractivity contribution is -0.136. The van der Waals surface area contributed by atoms with E-state index in [4.69, 9.17) is 5.73 Å². The summed E-state index contributed by atoms with van der Waals surface area (Å²) in [4.78, 5) is 33.3. The highest BCUT2D eigenvalue weighted by molar-refractivity contribution is 7.16. The van der Waals surface area contributed by atoms with Crippen LogP contribution in [0.2, 0.25) is 0 Å². The fourth-order valence-corrected chi connectivity index (χ4v) is 6.55. The molecule has 1 aliphatic carbocycles. The predicted octanol–water partition coefficient (Wildman–Crippen LogP) is 1.50. The highest BCUT2D eigenvalue weighted by atomic mass is 32.1. The number of hydrogen-bond acceptors (Lipinski definition) is 7. The van der Waals surface area contributed by atoms with E-state index in [9.17, 15) is 14.9 Å². The van der Waals surface area contributed by atoms with Crippen molar-refractivity contribution in [1.82, 2.24) is 20.0 Å². The van der Waals surface area contributed by atoms with Crippen molar-refractivity contribution < 1.29 is 9.59 Å². The predicted molar refractivity (Wildman–Crippen MR) is 121 cm³/mol. The summed E-state index contributed by atoms with van der Waals surface area (Å²) in [6.07, 6.45) is 3.14. The van der Waals surface area contributed by atoms with Gasteiger partial charge in [-0.2, -0.15) is 5.26 Å². The van der Waals surface area contributed by atoms with Gasteiger partial charge in [0.05, 0.1) is 17.5 Å². The van der Waals surface area contributed by atoms with E-state index in [1.54, 1.807) is 0 Å². The summed E-state index contributed by atoms with van der Waals surface area (Å²) in [5.41, 5.74) is 7.77. The van der Waals surface area contributed by atoms with Crippen molar-refractivity contribution >= 4 is 28.3 Å². The molecule has 9 heteroatoms. The first kappa shape index (κ1) is 22.1. The van der Waals surface area contributed by atoms with E-state index in [2.05, 4.69) is 28.2 Å². The van der Waals surface area contributed by atoms with Gasteiger partial charge in [0, 0.05) is 37.1 Å². The number of thiophene rings is 1. The molecule has 168 valence electrons. The van der Waals surface area contributed by atoms with Gasteiger partial charge in [-0.3, -0.25) is 9.69 Å². The summed E-state index contributed by atoms with van der Waals surface area (Å²) in [5, 5.41) is 13.1. The van der Waals surface area contributed by atoms with Crippen LogP contribution in [0.3, 0.4) is 0 Å². The van der Waals surface area contributed by atoms with Crippen LogP contribution in [0.25, 0.3) is 0 Å². The number of nitrogens with one attached hydrogen (secondary N) is 1. The molecule has 0 unspecified atom stereocenters. The first-order valence-electron chi connectivity index (χ1n) is 11.1. The number of nitrogens with two attached hydrogens (primary N) is 1. The molecule has 0 aromatic carbocycles. The SMILES string of the molecule is CCCN(C(=O)NC1CN(C)C1)C(=O)[C@@H]1C[C@@H]2Cc3c(sc(N)c3C#N)C[C@H]2N(C)C1. The summed E-state index contributed by atoms with van der Waals surface area (Å²) in [7, 11) is 4.08. The van der Waals surface area contributed by atoms with Gasteiger partial charge in [0.25, 0.3) is 0 Å². The van der Waals surface area contributed by atoms with E-state index >= 15 is 0 Å². The lowest BCUT2D eigenvalue weighted by atomic mass is 9.74. The molecule has 3 aliphatic rings. The van der Waals surface area contributed by atoms with Crippen molar-refractivity contribution in [2.45, 2.75) is 44.7 Å². The summed E-state index contributed by atoms with van der Waals surface area (Å²) in [6.45, 7) is 4.72. The molecule has 31 heavy (non-hydrogen) atoms. The number of anilines is 1. The maximum absolute atomic E-state index is 13.4. The van der Waals surface area contributed by atoms with Crippen molar-refractivity contribution in [2.75, 3.05) is 46.0 Å². The number of imide groups is 1. The average molecular weight is 445 g/mol. The molecule has 2 saturated heterocycles. The molecule has 8 nitrogen and oxygen atoms in total. The van der Waals surface area contributed by atoms with E-state index in [-0.39, 0.29) is 29.8 Å². The van der Waals surface area contributed by atoms with Crippen molar-refractivity contribution in [3.63, 3.8) is 0 Å². The fourth-order valence-electron chi connectivity index (χ4n) is 5.45. The van der Waals surface area contributed by atoms with Crippen molar-refractivity contribution in [2.24, 2.45) is 11.8 Å². The highest BCUT2D eigenvalue weighted by Gasteiger charge is 2.43. The monoisotopic (exact) mass is 444 g/mol. The Balaban J connectivity index is 1.47. The van der Waals surface area contributed by atoms with Crippen LogP contribution in [0.4, 0.5) is 9.80 Å². The summed E-state index contributed by atoms with van der Waals surface area (Å²) in [5.74, 6) is -0.00253. The highest BCUT2D eigenvalue weighted by Crippen LogP contribution is 2.43. The molecule has 2 aliphatic heterocycles. The van der Waals surface area contributed by atoms with Gasteiger partial charge in [-0.15, -0.1) is 11.3 Å². The number of amides is 3. The number of likely N-dealkylation sites (tertiary alicyclic amines) is 2. The lowest BCUT2D eigenvalue weighted by Crippen LogP contribution is -2.61. The van der Waals surface area contributed by atoms with Crippen LogP contribution in [0.1, 0.15) is 35.8 Å². The van der Waals surface area contributed by atoms with Crippen molar-refractivity contribution in [3.8, 4) is 6.07 Å². The standard InChI is InChI=1S/C22H32N6O2S/c1-4-5-28(22(30)25-15-11-26(2)12-15)21(29)14-6-13-7-16-17(9-23)20(24)31-19(16)8-18(13)27(3)10-14/h13-15,18H,4-8,10-12,24H2,1-3H3,(H,25,30)/t13-,14-,18-/m1/s1. The summed E-state index contributed by atoms with van der Waals surface area (Å²) < 4.78 is 0. The smallest absolute Gasteiger partial charge is 0.324 e. The number of likely N-dealkylation sites (N-methyl/N-ethyl adjacent to an activating group) is 2. The number of hydrogen-bond donors (Lipinski definition) is 2. The van der Waals surface area contributed by atoms with Crippen LogP contribution in [-0.2, 0) is 17.6 Å². The van der Waals surface area contributed by atoms with Gasteiger partial charge in [-0.25, -0.2) is 4.79 Å². The topological polar surface area (TPSA) is 106 Å². The quantitative estimate of drug-likeness (QED) is 0.729. The van der Waals surface area contributed by atoms with Gasteiger partial charge in [0.2, 0.25) is 5.91 Å². The molecule has 3 atom stereocenters. The minimum Gasteiger partial charge on any atom is -0.389 e. The fraction of sp³-hybridized carbons (Fsp3) is 0.682. The van der Waals surface area contributed by atoms with E-state index in [0.717, 1.165) is 44.3 Å². The molecule has 3 N–H and O–H groups in total. The second-order valence-electron chi connectivity index (χ2n) is 9.32. The number of fused-ring (bicyclic) bond motifs is 2. The van der Waals surface area contributed by atoms with Crippen LogP contribution < -0.4 is 11.1 Å². The molecule has 0 spiro atoms. The van der Waals surface area contributed by atoms with Crippen LogP contribution in [-0.4, -0.2) is 79.0 Å². The molecule has 4 rings (SSSR count). The zero-order valence-electron chi connectivity index (χ0n) is 18.6. The molecule has 0 bridgehead atoms. The minimum absolute atomic E-state index is 0.0755. The Bertz CT molecular complexity index is 903. The Morgan fingerprint density at radius 2 is 2.03 bits per heavy atom. The largest absolute Gasteiger partial charge is 0.389 e. The van der Waals surface area contributed by atoms with Gasteiger partial charge in [0.1, 0.15) is 11.1 Å². The van der Waals surface area contributed by atoms with Gasteiger partial charge < -0.3 is 20.9 Å². The van der Waals surface area contributed by atoms with Crippen molar-refractivity contribution in [1.29, 1.82) is 5.26 Å². The number of carbonyl (C=O) groups is 2. The number of rotatable bonds is 4. The maximum Gasteiger partial charge on any atom is 0.324 e. The molecule has 3 heterocycles. The van der Waals surface area contributed by atoms with Gasteiger partial charge in [-0.05, 0) is 51.3 Å². The minimum atomic E-state index is -0.266. The molecular formula is C22H32N6O2S. The number of nitrogen functional groups attached to an aromatic ring is 1. The molecule has 0 radical (unpaired) electrons. The second-order valence-corrected chi connectivity index (χ2v) is 10.5. The Labute approximate surface area is 188 Å².